The van der Waals surface area contributed by atoms with Crippen molar-refractivity contribution in [2.24, 2.45) is 0 Å². The first-order chi connectivity index (χ1) is 8.75. The van der Waals surface area contributed by atoms with Gasteiger partial charge in [-0.1, -0.05) is 41.4 Å². The molecule has 0 saturated heterocycles. The number of halogens is 2. The van der Waals surface area contributed by atoms with E-state index < -0.39 is 0 Å². The normalized spacial score (nSPS) is 14.3. The Morgan fingerprint density at radius 3 is 2.78 bits per heavy atom. The van der Waals surface area contributed by atoms with Gasteiger partial charge in [-0.05, 0) is 47.9 Å². The Morgan fingerprint density at radius 2 is 1.94 bits per heavy atom. The van der Waals surface area contributed by atoms with Crippen LogP contribution in [0.2, 0.25) is 10.0 Å². The molecule has 2 aromatic carbocycles. The molecule has 1 aliphatic rings. The Kier molecular flexibility index (Phi) is 3.29. The molecule has 0 saturated carbocycles. The molecule has 18 heavy (non-hydrogen) atoms. The number of hydrogen-bond acceptors (Lipinski definition) is 1. The fraction of sp³-hybridized carbons (Fsp3) is 0.200. The third-order valence-corrected chi connectivity index (χ3v) is 3.89. The molecule has 1 heterocycles. The van der Waals surface area contributed by atoms with Gasteiger partial charge in [0, 0.05) is 22.2 Å². The van der Waals surface area contributed by atoms with Crippen molar-refractivity contribution in [2.45, 2.75) is 13.0 Å². The van der Waals surface area contributed by atoms with Crippen molar-refractivity contribution < 1.29 is 0 Å². The van der Waals surface area contributed by atoms with Gasteiger partial charge in [-0.25, -0.2) is 0 Å². The van der Waals surface area contributed by atoms with E-state index in [0.717, 1.165) is 40.7 Å². The maximum atomic E-state index is 6.38. The lowest BCUT2D eigenvalue weighted by molar-refractivity contribution is 0.645. The Morgan fingerprint density at radius 1 is 1.06 bits per heavy atom. The van der Waals surface area contributed by atoms with Gasteiger partial charge in [-0.15, -0.1) is 0 Å². The second-order valence-corrected chi connectivity index (χ2v) is 5.34. The van der Waals surface area contributed by atoms with E-state index in [-0.39, 0.29) is 0 Å². The van der Waals surface area contributed by atoms with Crippen molar-refractivity contribution in [2.75, 3.05) is 6.54 Å². The van der Waals surface area contributed by atoms with Crippen molar-refractivity contribution in [3.63, 3.8) is 0 Å². The molecule has 0 radical (unpaired) electrons. The van der Waals surface area contributed by atoms with Gasteiger partial charge >= 0.3 is 0 Å². The molecule has 0 spiro atoms. The van der Waals surface area contributed by atoms with Crippen LogP contribution in [-0.2, 0) is 13.0 Å². The summed E-state index contributed by atoms with van der Waals surface area (Å²) in [6.07, 6.45) is 1.01. The molecular weight excluding hydrogens is 265 g/mol. The predicted octanol–water partition coefficient (Wildman–Crippen LogP) is 4.31. The zero-order chi connectivity index (χ0) is 12.5. The fourth-order valence-electron chi connectivity index (χ4n) is 2.51. The number of fused-ring (bicyclic) bond motifs is 1. The van der Waals surface area contributed by atoms with Crippen LogP contribution >= 0.6 is 23.2 Å². The fourth-order valence-corrected chi connectivity index (χ4v) is 2.98. The highest BCUT2D eigenvalue weighted by atomic mass is 35.5. The van der Waals surface area contributed by atoms with E-state index in [1.54, 1.807) is 0 Å². The molecule has 0 aliphatic carbocycles. The molecule has 3 heteroatoms. The van der Waals surface area contributed by atoms with Gasteiger partial charge in [0.1, 0.15) is 0 Å². The van der Waals surface area contributed by atoms with E-state index >= 15 is 0 Å². The van der Waals surface area contributed by atoms with E-state index in [4.69, 9.17) is 23.2 Å². The van der Waals surface area contributed by atoms with E-state index in [1.165, 1.54) is 11.1 Å². The molecule has 0 fully saturated rings. The zero-order valence-corrected chi connectivity index (χ0v) is 11.4. The Bertz CT molecular complexity index is 593. The first-order valence-corrected chi connectivity index (χ1v) is 6.78. The van der Waals surface area contributed by atoms with Crippen LogP contribution in [-0.4, -0.2) is 6.54 Å². The van der Waals surface area contributed by atoms with Crippen molar-refractivity contribution >= 4 is 23.2 Å². The molecule has 0 aromatic heterocycles. The lowest BCUT2D eigenvalue weighted by atomic mass is 9.91. The third kappa shape index (κ3) is 2.14. The minimum atomic E-state index is 0.745. The third-order valence-electron chi connectivity index (χ3n) is 3.34. The van der Waals surface area contributed by atoms with Crippen LogP contribution in [0.1, 0.15) is 11.1 Å². The summed E-state index contributed by atoms with van der Waals surface area (Å²) in [7, 11) is 0. The lowest BCUT2D eigenvalue weighted by Crippen LogP contribution is -2.24. The molecular formula is C15H13Cl2N. The van der Waals surface area contributed by atoms with Gasteiger partial charge in [0.25, 0.3) is 0 Å². The lowest BCUT2D eigenvalue weighted by Gasteiger charge is -2.21. The van der Waals surface area contributed by atoms with E-state index in [0.29, 0.717) is 0 Å². The molecule has 1 N–H and O–H groups in total. The van der Waals surface area contributed by atoms with Crippen LogP contribution in [0.4, 0.5) is 0 Å². The van der Waals surface area contributed by atoms with Crippen LogP contribution in [0.3, 0.4) is 0 Å². The molecule has 2 aromatic rings. The molecule has 0 unspecified atom stereocenters. The highest BCUT2D eigenvalue weighted by molar-refractivity contribution is 6.34. The average molecular weight is 278 g/mol. The SMILES string of the molecule is Clc1cccc(-c2c(Cl)ccc3c2CCNC3)c1. The largest absolute Gasteiger partial charge is 0.312 e. The molecule has 0 bridgehead atoms. The van der Waals surface area contributed by atoms with Gasteiger partial charge in [-0.2, -0.15) is 0 Å². The number of rotatable bonds is 1. The summed E-state index contributed by atoms with van der Waals surface area (Å²) in [6, 6.07) is 12.0. The molecule has 1 aliphatic heterocycles. The van der Waals surface area contributed by atoms with E-state index in [2.05, 4.69) is 17.4 Å². The highest BCUT2D eigenvalue weighted by Crippen LogP contribution is 2.35. The minimum absolute atomic E-state index is 0.745. The van der Waals surface area contributed by atoms with Gasteiger partial charge in [-0.3, -0.25) is 0 Å². The summed E-state index contributed by atoms with van der Waals surface area (Å²) in [4.78, 5) is 0. The topological polar surface area (TPSA) is 12.0 Å². The minimum Gasteiger partial charge on any atom is -0.312 e. The first kappa shape index (κ1) is 12.0. The summed E-state index contributed by atoms with van der Waals surface area (Å²) in [5.74, 6) is 0. The van der Waals surface area contributed by atoms with Crippen molar-refractivity contribution in [3.05, 3.63) is 57.6 Å². The number of hydrogen-bond donors (Lipinski definition) is 1. The predicted molar refractivity (Wildman–Crippen MR) is 77.3 cm³/mol. The molecule has 92 valence electrons. The van der Waals surface area contributed by atoms with Crippen LogP contribution in [0.15, 0.2) is 36.4 Å². The second-order valence-electron chi connectivity index (χ2n) is 4.50. The zero-order valence-electron chi connectivity index (χ0n) is 9.84. The van der Waals surface area contributed by atoms with Crippen molar-refractivity contribution in [1.29, 1.82) is 0 Å². The number of benzene rings is 2. The van der Waals surface area contributed by atoms with E-state index in [9.17, 15) is 0 Å². The van der Waals surface area contributed by atoms with Crippen LogP contribution in [0, 0.1) is 0 Å². The quantitative estimate of drug-likeness (QED) is 0.819. The van der Waals surface area contributed by atoms with Gasteiger partial charge in [0.2, 0.25) is 0 Å². The smallest absolute Gasteiger partial charge is 0.0487 e. The van der Waals surface area contributed by atoms with Crippen molar-refractivity contribution in [1.82, 2.24) is 5.32 Å². The molecule has 3 rings (SSSR count). The number of nitrogens with one attached hydrogen (secondary N) is 1. The van der Waals surface area contributed by atoms with Gasteiger partial charge in [0.05, 0.1) is 0 Å². The molecule has 1 nitrogen and oxygen atoms in total. The first-order valence-electron chi connectivity index (χ1n) is 6.02. The average Bonchev–Trinajstić information content (AvgIpc) is 2.38. The maximum Gasteiger partial charge on any atom is 0.0487 e. The molecule has 0 amide bonds. The summed E-state index contributed by atoms with van der Waals surface area (Å²) in [5.41, 5.74) is 4.92. The summed E-state index contributed by atoms with van der Waals surface area (Å²) < 4.78 is 0. The van der Waals surface area contributed by atoms with Crippen LogP contribution in [0.25, 0.3) is 11.1 Å². The Labute approximate surface area is 117 Å². The van der Waals surface area contributed by atoms with Gasteiger partial charge in [0.15, 0.2) is 0 Å². The van der Waals surface area contributed by atoms with Crippen molar-refractivity contribution in [3.8, 4) is 11.1 Å². The second kappa shape index (κ2) is 4.93. The van der Waals surface area contributed by atoms with Crippen LogP contribution < -0.4 is 5.32 Å². The Hall–Kier alpha value is -1.02. The van der Waals surface area contributed by atoms with Crippen LogP contribution in [0.5, 0.6) is 0 Å². The summed E-state index contributed by atoms with van der Waals surface area (Å²) >= 11 is 12.5. The maximum absolute atomic E-state index is 6.38. The monoisotopic (exact) mass is 277 g/mol. The van der Waals surface area contributed by atoms with E-state index in [1.807, 2.05) is 24.3 Å². The molecule has 0 atom stereocenters. The van der Waals surface area contributed by atoms with Gasteiger partial charge < -0.3 is 5.32 Å². The highest BCUT2D eigenvalue weighted by Gasteiger charge is 2.16. The Balaban J connectivity index is 2.22. The standard InChI is InChI=1S/C15H13Cl2N/c16-12-3-1-2-10(8-12)15-13-6-7-18-9-11(13)4-5-14(15)17/h1-5,8,18H,6-7,9H2. The summed E-state index contributed by atoms with van der Waals surface area (Å²) in [5, 5.41) is 4.93. The summed E-state index contributed by atoms with van der Waals surface area (Å²) in [6.45, 7) is 1.92.